The SMILES string of the molecule is Cc1nc(C(C)(C)C)cc(=O)n1CC(=O)NCc1ccccc1Cl. The van der Waals surface area contributed by atoms with Crippen LogP contribution in [0.3, 0.4) is 0 Å². The molecule has 0 fully saturated rings. The van der Waals surface area contributed by atoms with E-state index in [0.717, 1.165) is 11.3 Å². The summed E-state index contributed by atoms with van der Waals surface area (Å²) in [5.74, 6) is 0.269. The Labute approximate surface area is 146 Å². The smallest absolute Gasteiger partial charge is 0.254 e. The molecule has 0 saturated heterocycles. The van der Waals surface area contributed by atoms with Gasteiger partial charge in [-0.1, -0.05) is 50.6 Å². The molecule has 1 aromatic carbocycles. The standard InChI is InChI=1S/C18H22ClN3O2/c1-12-21-15(18(2,3)4)9-17(24)22(12)11-16(23)20-10-13-7-5-6-8-14(13)19/h5-9H,10-11H2,1-4H3,(H,20,23). The van der Waals surface area contributed by atoms with Crippen molar-refractivity contribution in [3.05, 3.63) is 62.8 Å². The summed E-state index contributed by atoms with van der Waals surface area (Å²) in [7, 11) is 0. The van der Waals surface area contributed by atoms with Crippen LogP contribution in [0.1, 0.15) is 37.9 Å². The van der Waals surface area contributed by atoms with Crippen LogP contribution in [-0.4, -0.2) is 15.5 Å². The Morgan fingerprint density at radius 3 is 2.54 bits per heavy atom. The van der Waals surface area contributed by atoms with E-state index in [1.54, 1.807) is 13.0 Å². The van der Waals surface area contributed by atoms with E-state index in [9.17, 15) is 9.59 Å². The van der Waals surface area contributed by atoms with E-state index in [2.05, 4.69) is 10.3 Å². The second kappa shape index (κ2) is 7.18. The van der Waals surface area contributed by atoms with Crippen LogP contribution in [0, 0.1) is 6.92 Å². The van der Waals surface area contributed by atoms with E-state index in [4.69, 9.17) is 11.6 Å². The number of halogens is 1. The molecule has 1 amide bonds. The Morgan fingerprint density at radius 1 is 1.29 bits per heavy atom. The highest BCUT2D eigenvalue weighted by Gasteiger charge is 2.18. The van der Waals surface area contributed by atoms with Crippen molar-refractivity contribution >= 4 is 17.5 Å². The zero-order chi connectivity index (χ0) is 17.9. The highest BCUT2D eigenvalue weighted by Crippen LogP contribution is 2.18. The molecule has 128 valence electrons. The van der Waals surface area contributed by atoms with Crippen LogP contribution in [-0.2, 0) is 23.3 Å². The van der Waals surface area contributed by atoms with Gasteiger partial charge in [-0.2, -0.15) is 0 Å². The normalized spacial score (nSPS) is 11.4. The molecular weight excluding hydrogens is 326 g/mol. The monoisotopic (exact) mass is 347 g/mol. The zero-order valence-electron chi connectivity index (χ0n) is 14.4. The lowest BCUT2D eigenvalue weighted by molar-refractivity contribution is -0.121. The second-order valence-electron chi connectivity index (χ2n) is 6.73. The number of benzene rings is 1. The molecule has 1 N–H and O–H groups in total. The minimum atomic E-state index is -0.259. The van der Waals surface area contributed by atoms with Crippen LogP contribution < -0.4 is 10.9 Å². The van der Waals surface area contributed by atoms with Crippen LogP contribution in [0.2, 0.25) is 5.02 Å². The first-order chi connectivity index (χ1) is 11.2. The fourth-order valence-corrected chi connectivity index (χ4v) is 2.44. The van der Waals surface area contributed by atoms with Crippen LogP contribution in [0.5, 0.6) is 0 Å². The van der Waals surface area contributed by atoms with Crippen molar-refractivity contribution in [2.45, 2.75) is 46.2 Å². The molecular formula is C18H22ClN3O2. The molecule has 5 nitrogen and oxygen atoms in total. The lowest BCUT2D eigenvalue weighted by atomic mass is 9.92. The highest BCUT2D eigenvalue weighted by atomic mass is 35.5. The molecule has 0 aliphatic heterocycles. The number of hydrogen-bond donors (Lipinski definition) is 1. The molecule has 0 radical (unpaired) electrons. The fourth-order valence-electron chi connectivity index (χ4n) is 2.23. The van der Waals surface area contributed by atoms with E-state index in [-0.39, 0.29) is 23.4 Å². The molecule has 0 aliphatic carbocycles. The first-order valence-corrected chi connectivity index (χ1v) is 8.15. The Kier molecular flexibility index (Phi) is 5.44. The third-order valence-electron chi connectivity index (χ3n) is 3.70. The summed E-state index contributed by atoms with van der Waals surface area (Å²) in [6.07, 6.45) is 0. The summed E-state index contributed by atoms with van der Waals surface area (Å²) < 4.78 is 1.37. The van der Waals surface area contributed by atoms with E-state index < -0.39 is 0 Å². The van der Waals surface area contributed by atoms with Gasteiger partial charge in [-0.25, -0.2) is 4.98 Å². The van der Waals surface area contributed by atoms with Gasteiger partial charge >= 0.3 is 0 Å². The first kappa shape index (κ1) is 18.2. The van der Waals surface area contributed by atoms with Crippen molar-refractivity contribution < 1.29 is 4.79 Å². The Morgan fingerprint density at radius 2 is 1.96 bits per heavy atom. The molecule has 2 aromatic rings. The molecule has 0 atom stereocenters. The fraction of sp³-hybridized carbons (Fsp3) is 0.389. The number of rotatable bonds is 4. The molecule has 0 unspecified atom stereocenters. The molecule has 0 aliphatic rings. The Hall–Kier alpha value is -2.14. The number of nitrogens with one attached hydrogen (secondary N) is 1. The number of hydrogen-bond acceptors (Lipinski definition) is 3. The van der Waals surface area contributed by atoms with Gasteiger partial charge in [0.1, 0.15) is 12.4 Å². The predicted octanol–water partition coefficient (Wildman–Crippen LogP) is 2.82. The predicted molar refractivity (Wildman–Crippen MR) is 95.2 cm³/mol. The maximum Gasteiger partial charge on any atom is 0.254 e. The summed E-state index contributed by atoms with van der Waals surface area (Å²) in [4.78, 5) is 28.9. The number of aromatic nitrogens is 2. The topological polar surface area (TPSA) is 64.0 Å². The van der Waals surface area contributed by atoms with Gasteiger partial charge in [-0.3, -0.25) is 14.2 Å². The van der Waals surface area contributed by atoms with Crippen molar-refractivity contribution in [2.75, 3.05) is 0 Å². The molecule has 0 bridgehead atoms. The minimum absolute atomic E-state index is 0.0630. The molecule has 6 heteroatoms. The number of nitrogens with zero attached hydrogens (tertiary/aromatic N) is 2. The average molecular weight is 348 g/mol. The molecule has 2 rings (SSSR count). The van der Waals surface area contributed by atoms with E-state index in [1.165, 1.54) is 10.6 Å². The van der Waals surface area contributed by atoms with Gasteiger partial charge in [0.05, 0.1) is 5.69 Å². The summed E-state index contributed by atoms with van der Waals surface area (Å²) in [6.45, 7) is 7.98. The zero-order valence-corrected chi connectivity index (χ0v) is 15.1. The largest absolute Gasteiger partial charge is 0.350 e. The third kappa shape index (κ3) is 4.45. The number of aryl methyl sites for hydroxylation is 1. The number of amides is 1. The Bertz CT molecular complexity index is 807. The summed E-state index contributed by atoms with van der Waals surface area (Å²) in [6, 6.07) is 8.80. The van der Waals surface area contributed by atoms with Crippen LogP contribution in [0.25, 0.3) is 0 Å². The van der Waals surface area contributed by atoms with Gasteiger partial charge in [-0.05, 0) is 18.6 Å². The van der Waals surface area contributed by atoms with Crippen molar-refractivity contribution in [3.63, 3.8) is 0 Å². The maximum atomic E-state index is 12.3. The highest BCUT2D eigenvalue weighted by molar-refractivity contribution is 6.31. The van der Waals surface area contributed by atoms with Crippen molar-refractivity contribution in [3.8, 4) is 0 Å². The van der Waals surface area contributed by atoms with Crippen molar-refractivity contribution in [2.24, 2.45) is 0 Å². The van der Waals surface area contributed by atoms with Crippen molar-refractivity contribution in [1.82, 2.24) is 14.9 Å². The third-order valence-corrected chi connectivity index (χ3v) is 4.07. The lowest BCUT2D eigenvalue weighted by Gasteiger charge is -2.19. The molecule has 1 aromatic heterocycles. The molecule has 0 spiro atoms. The van der Waals surface area contributed by atoms with Crippen molar-refractivity contribution in [1.29, 1.82) is 0 Å². The van der Waals surface area contributed by atoms with E-state index in [1.807, 2.05) is 39.0 Å². The summed E-state index contributed by atoms with van der Waals surface area (Å²) in [5.41, 5.74) is 1.12. The van der Waals surface area contributed by atoms with Crippen LogP contribution in [0.4, 0.5) is 0 Å². The van der Waals surface area contributed by atoms with Gasteiger partial charge in [0.2, 0.25) is 5.91 Å². The maximum absolute atomic E-state index is 12.3. The van der Waals surface area contributed by atoms with Gasteiger partial charge in [0, 0.05) is 23.0 Å². The van der Waals surface area contributed by atoms with Gasteiger partial charge in [0.25, 0.3) is 5.56 Å². The molecule has 24 heavy (non-hydrogen) atoms. The Balaban J connectivity index is 2.10. The summed E-state index contributed by atoms with van der Waals surface area (Å²) in [5, 5.41) is 3.38. The van der Waals surface area contributed by atoms with Crippen LogP contribution in [0.15, 0.2) is 35.1 Å². The molecule has 0 saturated carbocycles. The quantitative estimate of drug-likeness (QED) is 0.925. The number of carbonyl (C=O) groups is 1. The number of carbonyl (C=O) groups excluding carboxylic acids is 1. The minimum Gasteiger partial charge on any atom is -0.350 e. The summed E-state index contributed by atoms with van der Waals surface area (Å²) >= 11 is 6.06. The molecule has 1 heterocycles. The first-order valence-electron chi connectivity index (χ1n) is 7.77. The van der Waals surface area contributed by atoms with E-state index in [0.29, 0.717) is 17.4 Å². The lowest BCUT2D eigenvalue weighted by Crippen LogP contribution is -2.34. The average Bonchev–Trinajstić information content (AvgIpc) is 2.49. The second-order valence-corrected chi connectivity index (χ2v) is 7.14. The van der Waals surface area contributed by atoms with Gasteiger partial charge < -0.3 is 5.32 Å². The van der Waals surface area contributed by atoms with Crippen LogP contribution >= 0.6 is 11.6 Å². The van der Waals surface area contributed by atoms with E-state index >= 15 is 0 Å². The van der Waals surface area contributed by atoms with Gasteiger partial charge in [-0.15, -0.1) is 0 Å². The van der Waals surface area contributed by atoms with Gasteiger partial charge in [0.15, 0.2) is 0 Å².